The van der Waals surface area contributed by atoms with Gasteiger partial charge >= 0.3 is 0 Å². The highest BCUT2D eigenvalue weighted by Gasteiger charge is 2.19. The molecule has 1 saturated heterocycles. The zero-order chi connectivity index (χ0) is 19.2. The molecule has 0 atom stereocenters. The summed E-state index contributed by atoms with van der Waals surface area (Å²) < 4.78 is 0. The Bertz CT molecular complexity index is 902. The van der Waals surface area contributed by atoms with E-state index in [0.717, 1.165) is 25.9 Å². The number of carbonyl (C=O) groups excluding carboxylic acids is 2. The van der Waals surface area contributed by atoms with Crippen LogP contribution in [0.15, 0.2) is 54.6 Å². The van der Waals surface area contributed by atoms with Crippen LogP contribution in [-0.2, 0) is 4.79 Å². The molecule has 1 fully saturated rings. The lowest BCUT2D eigenvalue weighted by Crippen LogP contribution is -2.27. The third kappa shape index (κ3) is 4.78. The molecule has 1 aliphatic rings. The first kappa shape index (κ1) is 18.3. The summed E-state index contributed by atoms with van der Waals surface area (Å²) in [6.07, 6.45) is 4.84. The quantitative estimate of drug-likeness (QED) is 0.499. The van der Waals surface area contributed by atoms with Crippen molar-refractivity contribution < 1.29 is 14.5 Å². The number of rotatable bonds is 5. The van der Waals surface area contributed by atoms with Crippen LogP contribution < -0.4 is 5.32 Å². The van der Waals surface area contributed by atoms with Crippen LogP contribution in [0.3, 0.4) is 0 Å². The first-order valence-corrected chi connectivity index (χ1v) is 8.66. The lowest BCUT2D eigenvalue weighted by molar-refractivity contribution is -0.384. The molecule has 27 heavy (non-hydrogen) atoms. The van der Waals surface area contributed by atoms with Gasteiger partial charge in [0.05, 0.1) is 4.92 Å². The van der Waals surface area contributed by atoms with Crippen LogP contribution >= 0.6 is 0 Å². The van der Waals surface area contributed by atoms with Gasteiger partial charge in [-0.15, -0.1) is 0 Å². The molecule has 2 aromatic rings. The number of nitro benzene ring substituents is 1. The summed E-state index contributed by atoms with van der Waals surface area (Å²) in [6, 6.07) is 12.8. The number of benzene rings is 2. The molecule has 0 bridgehead atoms. The fourth-order valence-corrected chi connectivity index (χ4v) is 2.93. The minimum Gasteiger partial charge on any atom is -0.339 e. The minimum atomic E-state index is -0.486. The van der Waals surface area contributed by atoms with Crippen molar-refractivity contribution in [2.75, 3.05) is 18.4 Å². The Labute approximate surface area is 156 Å². The van der Waals surface area contributed by atoms with E-state index in [0.29, 0.717) is 16.8 Å². The van der Waals surface area contributed by atoms with Gasteiger partial charge in [0.25, 0.3) is 11.6 Å². The van der Waals surface area contributed by atoms with E-state index < -0.39 is 4.92 Å². The Kier molecular flexibility index (Phi) is 5.61. The van der Waals surface area contributed by atoms with Crippen molar-refractivity contribution in [3.8, 4) is 0 Å². The molecule has 0 saturated carbocycles. The number of nitrogens with one attached hydrogen (secondary N) is 1. The maximum absolute atomic E-state index is 12.4. The molecular weight excluding hydrogens is 346 g/mol. The second kappa shape index (κ2) is 8.27. The average Bonchev–Trinajstić information content (AvgIpc) is 3.21. The van der Waals surface area contributed by atoms with Crippen LogP contribution in [-0.4, -0.2) is 34.7 Å². The molecule has 0 aromatic heterocycles. The van der Waals surface area contributed by atoms with E-state index >= 15 is 0 Å². The number of amides is 2. The lowest BCUT2D eigenvalue weighted by atomic mass is 10.1. The molecule has 1 aliphatic heterocycles. The summed E-state index contributed by atoms with van der Waals surface area (Å²) in [5, 5.41) is 13.5. The zero-order valence-electron chi connectivity index (χ0n) is 14.6. The van der Waals surface area contributed by atoms with Gasteiger partial charge in [0.15, 0.2) is 0 Å². The first-order valence-electron chi connectivity index (χ1n) is 8.66. The van der Waals surface area contributed by atoms with Gasteiger partial charge in [-0.25, -0.2) is 0 Å². The molecule has 2 amide bonds. The normalized spacial score (nSPS) is 13.7. The zero-order valence-corrected chi connectivity index (χ0v) is 14.6. The largest absolute Gasteiger partial charge is 0.339 e. The Balaban J connectivity index is 1.65. The highest BCUT2D eigenvalue weighted by atomic mass is 16.6. The fraction of sp³-hybridized carbons (Fsp3) is 0.200. The van der Waals surface area contributed by atoms with Gasteiger partial charge in [0.1, 0.15) is 0 Å². The monoisotopic (exact) mass is 365 g/mol. The van der Waals surface area contributed by atoms with E-state index in [1.165, 1.54) is 24.3 Å². The molecule has 2 aromatic carbocycles. The van der Waals surface area contributed by atoms with Crippen LogP contribution in [0, 0.1) is 10.1 Å². The van der Waals surface area contributed by atoms with E-state index in [4.69, 9.17) is 0 Å². The molecule has 0 aliphatic carbocycles. The number of nitrogens with zero attached hydrogens (tertiary/aromatic N) is 2. The predicted molar refractivity (Wildman–Crippen MR) is 102 cm³/mol. The number of hydrogen-bond donors (Lipinski definition) is 1. The van der Waals surface area contributed by atoms with Gasteiger partial charge < -0.3 is 10.2 Å². The minimum absolute atomic E-state index is 0.0317. The van der Waals surface area contributed by atoms with Crippen LogP contribution in [0.4, 0.5) is 11.4 Å². The molecule has 0 radical (unpaired) electrons. The van der Waals surface area contributed by atoms with Gasteiger partial charge in [-0.3, -0.25) is 19.7 Å². The van der Waals surface area contributed by atoms with Crippen LogP contribution in [0.5, 0.6) is 0 Å². The lowest BCUT2D eigenvalue weighted by Gasteiger charge is -2.15. The summed E-state index contributed by atoms with van der Waals surface area (Å²) in [5.41, 5.74) is 1.58. The van der Waals surface area contributed by atoms with E-state index in [-0.39, 0.29) is 17.5 Å². The molecule has 1 N–H and O–H groups in total. The summed E-state index contributed by atoms with van der Waals surface area (Å²) in [4.78, 5) is 36.7. The standard InChI is InChI=1S/C20H19N3O4/c24-19(10-9-15-5-3-8-18(13-15)23(26)27)21-17-7-4-6-16(14-17)20(25)22-11-1-2-12-22/h3-10,13-14H,1-2,11-12H2,(H,21,24)/b10-9+. The summed E-state index contributed by atoms with van der Waals surface area (Å²) >= 11 is 0. The van der Waals surface area contributed by atoms with Gasteiger partial charge in [-0.1, -0.05) is 18.2 Å². The second-order valence-corrected chi connectivity index (χ2v) is 6.25. The van der Waals surface area contributed by atoms with E-state index in [2.05, 4.69) is 5.32 Å². The maximum Gasteiger partial charge on any atom is 0.270 e. The number of likely N-dealkylation sites (tertiary alicyclic amines) is 1. The SMILES string of the molecule is O=C(/C=C/c1cccc([N+](=O)[O-])c1)Nc1cccc(C(=O)N2CCCC2)c1. The third-order valence-electron chi connectivity index (χ3n) is 4.28. The third-order valence-corrected chi connectivity index (χ3v) is 4.28. The van der Waals surface area contributed by atoms with E-state index in [1.807, 2.05) is 4.90 Å². The maximum atomic E-state index is 12.4. The topological polar surface area (TPSA) is 92.5 Å². The summed E-state index contributed by atoms with van der Waals surface area (Å²) in [7, 11) is 0. The number of hydrogen-bond acceptors (Lipinski definition) is 4. The highest BCUT2D eigenvalue weighted by molar-refractivity contribution is 6.03. The average molecular weight is 365 g/mol. The van der Waals surface area contributed by atoms with Crippen LogP contribution in [0.2, 0.25) is 0 Å². The van der Waals surface area contributed by atoms with Crippen molar-refractivity contribution in [1.82, 2.24) is 4.90 Å². The number of carbonyl (C=O) groups is 2. The van der Waals surface area contributed by atoms with E-state index in [9.17, 15) is 19.7 Å². The number of nitro groups is 1. The second-order valence-electron chi connectivity index (χ2n) is 6.25. The fourth-order valence-electron chi connectivity index (χ4n) is 2.93. The van der Waals surface area contributed by atoms with Crippen molar-refractivity contribution in [2.45, 2.75) is 12.8 Å². The Morgan fingerprint density at radius 3 is 2.56 bits per heavy atom. The van der Waals surface area contributed by atoms with Gasteiger partial charge in [0, 0.05) is 42.5 Å². The van der Waals surface area contributed by atoms with Gasteiger partial charge in [0.2, 0.25) is 5.91 Å². The van der Waals surface area contributed by atoms with Crippen molar-refractivity contribution in [3.63, 3.8) is 0 Å². The Hall–Kier alpha value is -3.48. The number of non-ortho nitro benzene ring substituents is 1. The molecule has 7 nitrogen and oxygen atoms in total. The Morgan fingerprint density at radius 2 is 1.81 bits per heavy atom. The van der Waals surface area contributed by atoms with Gasteiger partial charge in [-0.2, -0.15) is 0 Å². The van der Waals surface area contributed by atoms with Crippen LogP contribution in [0.25, 0.3) is 6.08 Å². The molecule has 7 heteroatoms. The molecule has 0 unspecified atom stereocenters. The molecule has 0 spiro atoms. The summed E-state index contributed by atoms with van der Waals surface area (Å²) in [6.45, 7) is 1.53. The molecule has 1 heterocycles. The van der Waals surface area contributed by atoms with Crippen molar-refractivity contribution >= 4 is 29.3 Å². The van der Waals surface area contributed by atoms with Crippen LogP contribution in [0.1, 0.15) is 28.8 Å². The summed E-state index contributed by atoms with van der Waals surface area (Å²) in [5.74, 6) is -0.414. The Morgan fingerprint density at radius 1 is 1.07 bits per heavy atom. The highest BCUT2D eigenvalue weighted by Crippen LogP contribution is 2.17. The predicted octanol–water partition coefficient (Wildman–Crippen LogP) is 3.48. The molecular formula is C20H19N3O4. The van der Waals surface area contributed by atoms with Crippen molar-refractivity contribution in [3.05, 3.63) is 75.8 Å². The van der Waals surface area contributed by atoms with Gasteiger partial charge in [-0.05, 0) is 42.7 Å². The number of anilines is 1. The van der Waals surface area contributed by atoms with E-state index in [1.54, 1.807) is 36.4 Å². The molecule has 138 valence electrons. The van der Waals surface area contributed by atoms with Crippen molar-refractivity contribution in [2.24, 2.45) is 0 Å². The smallest absolute Gasteiger partial charge is 0.270 e. The van der Waals surface area contributed by atoms with Crippen molar-refractivity contribution in [1.29, 1.82) is 0 Å². The molecule has 3 rings (SSSR count). The first-order chi connectivity index (χ1) is 13.0.